The smallest absolute Gasteiger partial charge is 0.341 e. The van der Waals surface area contributed by atoms with Gasteiger partial charge in [-0.15, -0.1) is 0 Å². The summed E-state index contributed by atoms with van der Waals surface area (Å²) in [6, 6.07) is 1.41. The Balaban J connectivity index is 2.07. The molecule has 2 unspecified atom stereocenters. The van der Waals surface area contributed by atoms with Gasteiger partial charge in [0.05, 0.1) is 22.8 Å². The Hall–Kier alpha value is -3.60. The molecule has 11 heteroatoms. The van der Waals surface area contributed by atoms with Gasteiger partial charge >= 0.3 is 5.97 Å². The van der Waals surface area contributed by atoms with Crippen LogP contribution in [0.2, 0.25) is 0 Å². The van der Waals surface area contributed by atoms with E-state index in [1.54, 1.807) is 4.90 Å². The number of nitrogens with two attached hydrogens (primary N) is 2. The number of aryl methyl sites for hydroxylation is 1. The number of carboxylic acid groups (broad SMARTS) is 1. The Morgan fingerprint density at radius 2 is 1.88 bits per heavy atom. The molecule has 1 aliphatic rings. The number of carboxylic acids is 1. The van der Waals surface area contributed by atoms with Crippen molar-refractivity contribution in [2.45, 2.75) is 26.9 Å². The third-order valence-corrected chi connectivity index (χ3v) is 6.20. The average molecular weight is 461 g/mol. The van der Waals surface area contributed by atoms with E-state index < -0.39 is 52.2 Å². The Bertz CT molecular complexity index is 1370. The van der Waals surface area contributed by atoms with E-state index in [1.807, 2.05) is 13.8 Å². The number of aromatic carboxylic acids is 1. The second-order valence-corrected chi connectivity index (χ2v) is 8.49. The molecular formula is C22H22F3N5O3. The zero-order valence-electron chi connectivity index (χ0n) is 18.1. The molecule has 2 aromatic heterocycles. The van der Waals surface area contributed by atoms with Gasteiger partial charge in [0.15, 0.2) is 23.3 Å². The molecule has 0 radical (unpaired) electrons. The molecule has 33 heavy (non-hydrogen) atoms. The van der Waals surface area contributed by atoms with Gasteiger partial charge in [-0.25, -0.2) is 22.9 Å². The molecule has 0 amide bonds. The van der Waals surface area contributed by atoms with E-state index in [0.29, 0.717) is 12.6 Å². The Morgan fingerprint density at radius 1 is 1.21 bits per heavy atom. The van der Waals surface area contributed by atoms with Crippen LogP contribution in [0.5, 0.6) is 0 Å². The largest absolute Gasteiger partial charge is 0.477 e. The van der Waals surface area contributed by atoms with Gasteiger partial charge in [-0.1, -0.05) is 13.8 Å². The maximum Gasteiger partial charge on any atom is 0.341 e. The van der Waals surface area contributed by atoms with Crippen LogP contribution in [0.15, 0.2) is 23.1 Å². The van der Waals surface area contributed by atoms with E-state index >= 15 is 4.39 Å². The fourth-order valence-corrected chi connectivity index (χ4v) is 4.34. The third kappa shape index (κ3) is 3.39. The number of halogens is 3. The number of nitrogen functional groups attached to an aromatic ring is 1. The normalized spacial score (nSPS) is 18.1. The summed E-state index contributed by atoms with van der Waals surface area (Å²) in [4.78, 5) is 29.8. The number of anilines is 2. The summed E-state index contributed by atoms with van der Waals surface area (Å²) in [5.41, 5.74) is 10.4. The van der Waals surface area contributed by atoms with Crippen LogP contribution in [0, 0.1) is 36.2 Å². The summed E-state index contributed by atoms with van der Waals surface area (Å²) >= 11 is 0. The SMILES string of the molecule is Cc1c(N2CC(C(C)C)C2N)c(F)cc2c(=O)c(C(=O)O)cn(-c3nc(N)c(F)cc3F)c12. The van der Waals surface area contributed by atoms with E-state index in [0.717, 1.165) is 16.8 Å². The molecule has 1 saturated heterocycles. The third-order valence-electron chi connectivity index (χ3n) is 6.20. The molecule has 2 atom stereocenters. The molecule has 0 saturated carbocycles. The molecule has 4 rings (SSSR count). The van der Waals surface area contributed by atoms with Gasteiger partial charge in [-0.05, 0) is 18.9 Å². The Labute approximate surface area is 186 Å². The molecule has 5 N–H and O–H groups in total. The number of hydrogen-bond donors (Lipinski definition) is 3. The van der Waals surface area contributed by atoms with Crippen molar-refractivity contribution in [1.82, 2.24) is 9.55 Å². The lowest BCUT2D eigenvalue weighted by atomic mass is 9.84. The molecule has 3 heterocycles. The molecular weight excluding hydrogens is 439 g/mol. The summed E-state index contributed by atoms with van der Waals surface area (Å²) in [5, 5.41) is 9.18. The standard InChI is InChI=1S/C22H22F3N5O3/c1-8(2)11-6-29(20(11)27)17-9(3)16-10(4-13(17)23)18(31)12(22(32)33)7-30(16)21-15(25)5-14(24)19(26)28-21/h4-5,7-8,11,20H,6,27H2,1-3H3,(H2,26,28)(H,32,33). The van der Waals surface area contributed by atoms with Crippen molar-refractivity contribution in [2.24, 2.45) is 17.6 Å². The molecule has 0 spiro atoms. The first kappa shape index (κ1) is 22.6. The minimum absolute atomic E-state index is 0.0130. The maximum atomic E-state index is 15.2. The van der Waals surface area contributed by atoms with Crippen LogP contribution in [0.3, 0.4) is 0 Å². The first-order valence-corrected chi connectivity index (χ1v) is 10.2. The van der Waals surface area contributed by atoms with E-state index in [2.05, 4.69) is 4.98 Å². The fourth-order valence-electron chi connectivity index (χ4n) is 4.34. The van der Waals surface area contributed by atoms with Crippen LogP contribution in [-0.2, 0) is 0 Å². The van der Waals surface area contributed by atoms with Crippen LogP contribution in [0.1, 0.15) is 29.8 Å². The average Bonchev–Trinajstić information content (AvgIpc) is 2.72. The Kier molecular flexibility index (Phi) is 5.32. The van der Waals surface area contributed by atoms with Crippen molar-refractivity contribution >= 4 is 28.4 Å². The monoisotopic (exact) mass is 461 g/mol. The van der Waals surface area contributed by atoms with E-state index in [-0.39, 0.29) is 34.0 Å². The fraction of sp³-hybridized carbons (Fsp3) is 0.318. The van der Waals surface area contributed by atoms with Crippen molar-refractivity contribution < 1.29 is 23.1 Å². The van der Waals surface area contributed by atoms with Gasteiger partial charge in [-0.3, -0.25) is 9.36 Å². The van der Waals surface area contributed by atoms with Crippen LogP contribution in [0.25, 0.3) is 16.7 Å². The number of fused-ring (bicyclic) bond motifs is 1. The lowest BCUT2D eigenvalue weighted by Crippen LogP contribution is -2.63. The summed E-state index contributed by atoms with van der Waals surface area (Å²) < 4.78 is 44.7. The highest BCUT2D eigenvalue weighted by molar-refractivity contribution is 5.96. The van der Waals surface area contributed by atoms with Crippen LogP contribution in [-0.4, -0.2) is 33.3 Å². The number of nitrogens with zero attached hydrogens (tertiary/aromatic N) is 3. The zero-order chi connectivity index (χ0) is 24.4. The number of benzene rings is 1. The molecule has 3 aromatic rings. The molecule has 1 aromatic carbocycles. The number of hydrogen-bond acceptors (Lipinski definition) is 6. The highest BCUT2D eigenvalue weighted by Gasteiger charge is 2.40. The summed E-state index contributed by atoms with van der Waals surface area (Å²) in [7, 11) is 0. The maximum absolute atomic E-state index is 15.2. The predicted molar refractivity (Wildman–Crippen MR) is 117 cm³/mol. The lowest BCUT2D eigenvalue weighted by Gasteiger charge is -2.50. The van der Waals surface area contributed by atoms with Gasteiger partial charge in [-0.2, -0.15) is 0 Å². The summed E-state index contributed by atoms with van der Waals surface area (Å²) in [6.45, 7) is 5.99. The van der Waals surface area contributed by atoms with E-state index in [4.69, 9.17) is 11.5 Å². The van der Waals surface area contributed by atoms with Crippen molar-refractivity contribution in [1.29, 1.82) is 0 Å². The number of carbonyl (C=O) groups is 1. The lowest BCUT2D eigenvalue weighted by molar-refractivity contribution is 0.0695. The van der Waals surface area contributed by atoms with Gasteiger partial charge in [0.25, 0.3) is 0 Å². The van der Waals surface area contributed by atoms with Crippen LogP contribution < -0.4 is 21.8 Å². The predicted octanol–water partition coefficient (Wildman–Crippen LogP) is 2.77. The second kappa shape index (κ2) is 7.77. The van der Waals surface area contributed by atoms with Crippen molar-refractivity contribution in [3.63, 3.8) is 0 Å². The highest BCUT2D eigenvalue weighted by Crippen LogP contribution is 2.39. The summed E-state index contributed by atoms with van der Waals surface area (Å²) in [6.07, 6.45) is 0.391. The minimum Gasteiger partial charge on any atom is -0.477 e. The number of pyridine rings is 2. The van der Waals surface area contributed by atoms with Gasteiger partial charge in [0.1, 0.15) is 11.4 Å². The van der Waals surface area contributed by atoms with Crippen molar-refractivity contribution in [3.05, 3.63) is 57.1 Å². The second-order valence-electron chi connectivity index (χ2n) is 8.49. The number of aromatic nitrogens is 2. The molecule has 1 fully saturated rings. The van der Waals surface area contributed by atoms with Gasteiger partial charge < -0.3 is 21.5 Å². The minimum atomic E-state index is -1.60. The number of rotatable bonds is 4. The molecule has 8 nitrogen and oxygen atoms in total. The van der Waals surface area contributed by atoms with Gasteiger partial charge in [0.2, 0.25) is 5.43 Å². The van der Waals surface area contributed by atoms with Crippen molar-refractivity contribution in [3.8, 4) is 5.82 Å². The molecule has 174 valence electrons. The van der Waals surface area contributed by atoms with E-state index in [9.17, 15) is 23.5 Å². The topological polar surface area (TPSA) is 127 Å². The van der Waals surface area contributed by atoms with Gasteiger partial charge in [0, 0.05) is 30.3 Å². The van der Waals surface area contributed by atoms with E-state index in [1.165, 1.54) is 6.92 Å². The van der Waals surface area contributed by atoms with Crippen LogP contribution in [0.4, 0.5) is 24.7 Å². The highest BCUT2D eigenvalue weighted by atomic mass is 19.1. The molecule has 0 aliphatic carbocycles. The van der Waals surface area contributed by atoms with Crippen LogP contribution >= 0.6 is 0 Å². The Morgan fingerprint density at radius 3 is 2.45 bits per heavy atom. The summed E-state index contributed by atoms with van der Waals surface area (Å²) in [5.74, 6) is -5.39. The first-order valence-electron chi connectivity index (χ1n) is 10.2. The molecule has 1 aliphatic heterocycles. The first-order chi connectivity index (χ1) is 15.4. The quantitative estimate of drug-likeness (QED) is 0.545. The van der Waals surface area contributed by atoms with Crippen molar-refractivity contribution in [2.75, 3.05) is 17.2 Å². The zero-order valence-corrected chi connectivity index (χ0v) is 18.1. The molecule has 0 bridgehead atoms.